The van der Waals surface area contributed by atoms with E-state index in [2.05, 4.69) is 0 Å². The fourth-order valence-electron chi connectivity index (χ4n) is 2.56. The van der Waals surface area contributed by atoms with E-state index in [9.17, 15) is 9.59 Å². The van der Waals surface area contributed by atoms with Crippen molar-refractivity contribution in [1.29, 1.82) is 0 Å². The molecule has 0 aliphatic carbocycles. The average Bonchev–Trinajstić information content (AvgIpc) is 2.96. The average molecular weight is 489 g/mol. The third-order valence-corrected chi connectivity index (χ3v) is 6.12. The predicted molar refractivity (Wildman–Crippen MR) is 90.8 cm³/mol. The van der Waals surface area contributed by atoms with Crippen molar-refractivity contribution in [3.63, 3.8) is 0 Å². The molecule has 0 bridgehead atoms. The third-order valence-electron chi connectivity index (χ3n) is 3.72. The van der Waals surface area contributed by atoms with Crippen LogP contribution in [0.2, 0.25) is 0 Å². The minimum atomic E-state index is -0.232. The van der Waals surface area contributed by atoms with E-state index in [1.54, 1.807) is 20.4 Å². The summed E-state index contributed by atoms with van der Waals surface area (Å²) in [6, 6.07) is 11.7. The molecule has 0 spiro atoms. The van der Waals surface area contributed by atoms with E-state index in [0.29, 0.717) is 0 Å². The molecule has 0 N–H and O–H groups in total. The predicted octanol–water partition coefficient (Wildman–Crippen LogP) is 3.89. The van der Waals surface area contributed by atoms with Crippen molar-refractivity contribution < 1.29 is 26.1 Å². The normalized spacial score (nSPS) is 11.4. The second-order valence-corrected chi connectivity index (χ2v) is 8.04. The molecular formula is C18H14NO2STa. The van der Waals surface area contributed by atoms with Crippen LogP contribution in [0.5, 0.6) is 0 Å². The summed E-state index contributed by atoms with van der Waals surface area (Å²) in [5.74, 6) is -0.232. The van der Waals surface area contributed by atoms with E-state index >= 15 is 0 Å². The van der Waals surface area contributed by atoms with Crippen molar-refractivity contribution in [1.82, 2.24) is 2.97 Å². The molecule has 0 radical (unpaired) electrons. The number of thiophene rings is 1. The second-order valence-electron chi connectivity index (χ2n) is 5.28. The number of hydrogen-bond acceptors (Lipinski definition) is 3. The Bertz CT molecular complexity index is 998. The molecule has 1 aromatic carbocycles. The van der Waals surface area contributed by atoms with Gasteiger partial charge in [-0.2, -0.15) is 0 Å². The fraction of sp³-hybridized carbons (Fsp3) is 0.111. The third kappa shape index (κ3) is 3.03. The first kappa shape index (κ1) is 16.1. The van der Waals surface area contributed by atoms with Gasteiger partial charge in [0.1, 0.15) is 0 Å². The Morgan fingerprint density at radius 3 is 2.61 bits per heavy atom. The Morgan fingerprint density at radius 2 is 1.91 bits per heavy atom. The molecule has 0 saturated carbocycles. The first-order valence-corrected chi connectivity index (χ1v) is 9.37. The van der Waals surface area contributed by atoms with E-state index in [1.165, 1.54) is 11.0 Å². The van der Waals surface area contributed by atoms with Gasteiger partial charge in [0.15, 0.2) is 0 Å². The van der Waals surface area contributed by atoms with Crippen LogP contribution in [-0.4, -0.2) is 8.75 Å². The second kappa shape index (κ2) is 6.42. The Morgan fingerprint density at radius 1 is 1.17 bits per heavy atom. The summed E-state index contributed by atoms with van der Waals surface area (Å²) in [5, 5.41) is 0.957. The standard InChI is InChI=1S/C18H15NO2S.Ta/c1-11-7-8-13(22-11)9-10-16(20)17-12(2)14-5-3-4-6-15(14)19-18(17)21;/h3-10H,1-2H3,(H,19,20,21);/q;+1/p-1/b10-9+;. The first-order chi connectivity index (χ1) is 11.0. The number of hydrogen-bond donors (Lipinski definition) is 0. The van der Waals surface area contributed by atoms with Crippen molar-refractivity contribution in [2.24, 2.45) is 0 Å². The van der Waals surface area contributed by atoms with Crippen LogP contribution in [0.15, 0.2) is 47.3 Å². The van der Waals surface area contributed by atoms with Gasteiger partial charge in [0.05, 0.1) is 0 Å². The maximum atomic E-state index is 12.6. The number of aryl methyl sites for hydroxylation is 2. The number of carbonyl (C=O) groups excluding carboxylic acids is 1. The van der Waals surface area contributed by atoms with Crippen molar-refractivity contribution in [2.45, 2.75) is 13.8 Å². The number of allylic oxidation sites excluding steroid dienone is 1. The number of aromatic nitrogens is 1. The van der Waals surface area contributed by atoms with Crippen LogP contribution in [0.4, 0.5) is 0 Å². The Hall–Kier alpha value is -1.72. The van der Waals surface area contributed by atoms with Gasteiger partial charge in [0, 0.05) is 0 Å². The molecule has 0 aliphatic rings. The van der Waals surface area contributed by atoms with Crippen molar-refractivity contribution in [3.05, 3.63) is 73.7 Å². The molecule has 0 fully saturated rings. The molecule has 0 amide bonds. The number of pyridine rings is 1. The molecule has 23 heavy (non-hydrogen) atoms. The summed E-state index contributed by atoms with van der Waals surface area (Å²) >= 11 is 2.40. The Kier molecular flexibility index (Phi) is 4.50. The van der Waals surface area contributed by atoms with E-state index in [0.717, 1.165) is 42.7 Å². The summed E-state index contributed by atoms with van der Waals surface area (Å²) in [4.78, 5) is 27.4. The van der Waals surface area contributed by atoms with Crippen molar-refractivity contribution in [2.75, 3.05) is 0 Å². The molecule has 5 heteroatoms. The zero-order valence-corrected chi connectivity index (χ0v) is 16.8. The zero-order chi connectivity index (χ0) is 16.6. The van der Waals surface area contributed by atoms with Crippen LogP contribution in [0.1, 0.15) is 25.7 Å². The number of ketones is 1. The molecule has 3 nitrogen and oxygen atoms in total. The molecular weight excluding hydrogens is 475 g/mol. The SMILES string of the molecule is Cc1ccc(/C=C/C(=O)c2c(C)c3ccccc3[n]([Ta])c2=O)s1. The van der Waals surface area contributed by atoms with E-state index < -0.39 is 0 Å². The molecule has 2 heterocycles. The first-order valence-electron chi connectivity index (χ1n) is 7.11. The topological polar surface area (TPSA) is 39.1 Å². The number of carbonyl (C=O) groups is 1. The summed E-state index contributed by atoms with van der Waals surface area (Å²) in [6.07, 6.45) is 3.28. The van der Waals surface area contributed by atoms with Gasteiger partial charge in [-0.05, 0) is 0 Å². The van der Waals surface area contributed by atoms with Crippen LogP contribution < -0.4 is 5.56 Å². The van der Waals surface area contributed by atoms with Crippen molar-refractivity contribution >= 4 is 34.1 Å². The number of para-hydroxylation sites is 1. The van der Waals surface area contributed by atoms with Crippen LogP contribution in [-0.2, 0) is 21.3 Å². The van der Waals surface area contributed by atoms with E-state index in [1.807, 2.05) is 50.2 Å². The van der Waals surface area contributed by atoms with Crippen molar-refractivity contribution in [3.8, 4) is 0 Å². The molecule has 0 atom stereocenters. The quantitative estimate of drug-likeness (QED) is 0.414. The molecule has 0 aliphatic heterocycles. The molecule has 114 valence electrons. The minimum absolute atomic E-state index is 0.202. The summed E-state index contributed by atoms with van der Waals surface area (Å²) < 4.78 is 1.65. The van der Waals surface area contributed by atoms with Gasteiger partial charge in [-0.3, -0.25) is 0 Å². The van der Waals surface area contributed by atoms with Gasteiger partial charge in [0.2, 0.25) is 0 Å². The molecule has 0 unspecified atom stereocenters. The maximum absolute atomic E-state index is 12.6. The monoisotopic (exact) mass is 489 g/mol. The summed E-state index contributed by atoms with van der Waals surface area (Å²) in [6.45, 7) is 3.87. The molecule has 0 saturated heterocycles. The van der Waals surface area contributed by atoms with Crippen LogP contribution >= 0.6 is 11.3 Å². The van der Waals surface area contributed by atoms with Gasteiger partial charge in [-0.1, -0.05) is 0 Å². The van der Waals surface area contributed by atoms with E-state index in [-0.39, 0.29) is 16.9 Å². The molecule has 3 aromatic rings. The van der Waals surface area contributed by atoms with Crippen LogP contribution in [0.3, 0.4) is 0 Å². The van der Waals surface area contributed by atoms with Gasteiger partial charge in [0.25, 0.3) is 0 Å². The van der Waals surface area contributed by atoms with Gasteiger partial charge >= 0.3 is 151 Å². The van der Waals surface area contributed by atoms with Gasteiger partial charge in [-0.25, -0.2) is 0 Å². The number of rotatable bonds is 3. The number of benzene rings is 1. The van der Waals surface area contributed by atoms with Crippen LogP contribution in [0, 0.1) is 13.8 Å². The van der Waals surface area contributed by atoms with Gasteiger partial charge < -0.3 is 0 Å². The van der Waals surface area contributed by atoms with Gasteiger partial charge in [-0.15, -0.1) is 0 Å². The molecule has 3 rings (SSSR count). The van der Waals surface area contributed by atoms with E-state index in [4.69, 9.17) is 0 Å². The Labute approximate surface area is 150 Å². The number of nitrogens with zero attached hydrogens (tertiary/aromatic N) is 1. The fourth-order valence-corrected chi connectivity index (χ4v) is 4.33. The molecule has 2 aromatic heterocycles. The van der Waals surface area contributed by atoms with Crippen LogP contribution in [0.25, 0.3) is 17.0 Å². The Balaban J connectivity index is 2.10. The zero-order valence-electron chi connectivity index (χ0n) is 12.7. The summed E-state index contributed by atoms with van der Waals surface area (Å²) in [5.41, 5.74) is 1.71. The number of fused-ring (bicyclic) bond motifs is 1. The summed E-state index contributed by atoms with van der Waals surface area (Å²) in [7, 11) is 0.